The highest BCUT2D eigenvalue weighted by molar-refractivity contribution is 5.42. The van der Waals surface area contributed by atoms with Crippen LogP contribution in [-0.4, -0.2) is 7.05 Å². The van der Waals surface area contributed by atoms with Crippen molar-refractivity contribution in [2.24, 2.45) is 0 Å². The Morgan fingerprint density at radius 3 is 2.30 bits per heavy atom. The van der Waals surface area contributed by atoms with Gasteiger partial charge in [-0.3, -0.25) is 0 Å². The van der Waals surface area contributed by atoms with Crippen molar-refractivity contribution in [3.05, 3.63) is 70.8 Å². The first kappa shape index (κ1) is 13.4. The second kappa shape index (κ2) is 5.06. The molecule has 2 aromatic carbocycles. The molecule has 20 heavy (non-hydrogen) atoms. The predicted molar refractivity (Wildman–Crippen MR) is 85.1 cm³/mol. The maximum absolute atomic E-state index is 3.59. The minimum Gasteiger partial charge on any atom is -0.312 e. The molecule has 0 amide bonds. The van der Waals surface area contributed by atoms with Crippen LogP contribution in [0.4, 0.5) is 0 Å². The Hall–Kier alpha value is -1.60. The molecule has 0 spiro atoms. The van der Waals surface area contributed by atoms with Crippen LogP contribution in [0.5, 0.6) is 0 Å². The van der Waals surface area contributed by atoms with Gasteiger partial charge in [0, 0.05) is 11.5 Å². The molecule has 0 saturated heterocycles. The van der Waals surface area contributed by atoms with Crippen molar-refractivity contribution in [1.82, 2.24) is 5.32 Å². The minimum absolute atomic E-state index is 0.286. The van der Waals surface area contributed by atoms with Gasteiger partial charge in [-0.05, 0) is 50.4 Å². The standard InChI is InChI=1S/C19H23N/c1-14-9-10-15(2)17(13-14)18(20-3)19(11-12-19)16-7-5-4-6-8-16/h4-10,13,18,20H,11-12H2,1-3H3. The van der Waals surface area contributed by atoms with E-state index in [1.165, 1.54) is 35.1 Å². The first-order valence-electron chi connectivity index (χ1n) is 7.47. The van der Waals surface area contributed by atoms with Gasteiger partial charge in [-0.15, -0.1) is 0 Å². The van der Waals surface area contributed by atoms with E-state index in [1.807, 2.05) is 0 Å². The van der Waals surface area contributed by atoms with Crippen molar-refractivity contribution in [3.63, 3.8) is 0 Å². The van der Waals surface area contributed by atoms with E-state index in [9.17, 15) is 0 Å². The van der Waals surface area contributed by atoms with Gasteiger partial charge in [0.2, 0.25) is 0 Å². The monoisotopic (exact) mass is 265 g/mol. The van der Waals surface area contributed by atoms with E-state index >= 15 is 0 Å². The minimum atomic E-state index is 0.286. The molecule has 0 bridgehead atoms. The highest BCUT2D eigenvalue weighted by Crippen LogP contribution is 2.56. The van der Waals surface area contributed by atoms with Crippen molar-refractivity contribution in [2.75, 3.05) is 7.05 Å². The smallest absolute Gasteiger partial charge is 0.0418 e. The lowest BCUT2D eigenvalue weighted by Crippen LogP contribution is -2.30. The molecule has 1 saturated carbocycles. The van der Waals surface area contributed by atoms with Gasteiger partial charge < -0.3 is 5.32 Å². The Morgan fingerprint density at radius 2 is 1.70 bits per heavy atom. The average Bonchev–Trinajstić information content (AvgIpc) is 3.26. The zero-order valence-electron chi connectivity index (χ0n) is 12.6. The molecule has 104 valence electrons. The van der Waals surface area contributed by atoms with E-state index < -0.39 is 0 Å². The number of benzene rings is 2. The molecule has 0 aromatic heterocycles. The summed E-state index contributed by atoms with van der Waals surface area (Å²) >= 11 is 0. The van der Waals surface area contributed by atoms with Crippen LogP contribution in [0.25, 0.3) is 0 Å². The molecular formula is C19H23N. The fourth-order valence-electron chi connectivity index (χ4n) is 3.45. The van der Waals surface area contributed by atoms with Crippen LogP contribution in [0, 0.1) is 13.8 Å². The van der Waals surface area contributed by atoms with Gasteiger partial charge in [-0.1, -0.05) is 54.1 Å². The lowest BCUT2D eigenvalue weighted by Gasteiger charge is -2.29. The van der Waals surface area contributed by atoms with E-state index in [0.717, 1.165) is 0 Å². The Morgan fingerprint density at radius 1 is 1.00 bits per heavy atom. The summed E-state index contributed by atoms with van der Waals surface area (Å²) in [6.45, 7) is 4.40. The maximum Gasteiger partial charge on any atom is 0.0418 e. The molecular weight excluding hydrogens is 242 g/mol. The van der Waals surface area contributed by atoms with E-state index in [2.05, 4.69) is 74.7 Å². The number of nitrogens with one attached hydrogen (secondary N) is 1. The van der Waals surface area contributed by atoms with Crippen LogP contribution in [0.15, 0.2) is 48.5 Å². The second-order valence-electron chi connectivity index (χ2n) is 6.10. The molecule has 0 radical (unpaired) electrons. The summed E-state index contributed by atoms with van der Waals surface area (Å²) in [5, 5.41) is 3.59. The third-order valence-corrected chi connectivity index (χ3v) is 4.72. The molecule has 1 aliphatic carbocycles. The second-order valence-corrected chi connectivity index (χ2v) is 6.10. The van der Waals surface area contributed by atoms with Crippen LogP contribution in [0.3, 0.4) is 0 Å². The van der Waals surface area contributed by atoms with E-state index in [4.69, 9.17) is 0 Å². The lowest BCUT2D eigenvalue weighted by molar-refractivity contribution is 0.461. The summed E-state index contributed by atoms with van der Waals surface area (Å²) in [6.07, 6.45) is 2.55. The van der Waals surface area contributed by atoms with Gasteiger partial charge >= 0.3 is 0 Å². The van der Waals surface area contributed by atoms with Gasteiger partial charge in [-0.25, -0.2) is 0 Å². The quantitative estimate of drug-likeness (QED) is 0.869. The van der Waals surface area contributed by atoms with Gasteiger partial charge in [0.05, 0.1) is 0 Å². The SMILES string of the molecule is CNC(c1cc(C)ccc1C)C1(c2ccccc2)CC1. The van der Waals surface area contributed by atoms with Gasteiger partial charge in [0.15, 0.2) is 0 Å². The first-order chi connectivity index (χ1) is 9.67. The molecule has 1 nitrogen and oxygen atoms in total. The van der Waals surface area contributed by atoms with E-state index in [-0.39, 0.29) is 5.41 Å². The summed E-state index contributed by atoms with van der Waals surface area (Å²) in [7, 11) is 2.09. The Labute approximate surface area is 122 Å². The molecule has 0 heterocycles. The van der Waals surface area contributed by atoms with E-state index in [1.54, 1.807) is 0 Å². The maximum atomic E-state index is 3.59. The molecule has 1 aliphatic rings. The van der Waals surface area contributed by atoms with Crippen molar-refractivity contribution < 1.29 is 0 Å². The molecule has 0 aliphatic heterocycles. The summed E-state index contributed by atoms with van der Waals surface area (Å²) in [5.74, 6) is 0. The van der Waals surface area contributed by atoms with Crippen molar-refractivity contribution in [2.45, 2.75) is 38.1 Å². The number of likely N-dealkylation sites (N-methyl/N-ethyl adjacent to an activating group) is 1. The molecule has 3 rings (SSSR count). The van der Waals surface area contributed by atoms with Gasteiger partial charge in [0.1, 0.15) is 0 Å². The highest BCUT2D eigenvalue weighted by Gasteiger charge is 2.50. The Kier molecular flexibility index (Phi) is 3.39. The number of hydrogen-bond acceptors (Lipinski definition) is 1. The third-order valence-electron chi connectivity index (χ3n) is 4.72. The number of rotatable bonds is 4. The normalized spacial score (nSPS) is 17.8. The van der Waals surface area contributed by atoms with Crippen LogP contribution in [0.2, 0.25) is 0 Å². The summed E-state index contributed by atoms with van der Waals surface area (Å²) in [5.41, 5.74) is 5.94. The van der Waals surface area contributed by atoms with Gasteiger partial charge in [-0.2, -0.15) is 0 Å². The van der Waals surface area contributed by atoms with E-state index in [0.29, 0.717) is 6.04 Å². The molecule has 1 fully saturated rings. The topological polar surface area (TPSA) is 12.0 Å². The van der Waals surface area contributed by atoms with Crippen molar-refractivity contribution in [3.8, 4) is 0 Å². The fourth-order valence-corrected chi connectivity index (χ4v) is 3.45. The van der Waals surface area contributed by atoms with Gasteiger partial charge in [0.25, 0.3) is 0 Å². The first-order valence-corrected chi connectivity index (χ1v) is 7.47. The fraction of sp³-hybridized carbons (Fsp3) is 0.368. The Bertz CT molecular complexity index is 596. The number of aryl methyl sites for hydroxylation is 2. The largest absolute Gasteiger partial charge is 0.312 e. The zero-order valence-corrected chi connectivity index (χ0v) is 12.6. The molecule has 2 aromatic rings. The number of hydrogen-bond donors (Lipinski definition) is 1. The van der Waals surface area contributed by atoms with Crippen molar-refractivity contribution >= 4 is 0 Å². The predicted octanol–water partition coefficient (Wildman–Crippen LogP) is 4.30. The van der Waals surface area contributed by atoms with Crippen LogP contribution in [0.1, 0.15) is 41.1 Å². The third kappa shape index (κ3) is 2.16. The Balaban J connectivity index is 2.04. The van der Waals surface area contributed by atoms with Crippen LogP contribution < -0.4 is 5.32 Å². The highest BCUT2D eigenvalue weighted by atomic mass is 14.9. The van der Waals surface area contributed by atoms with Crippen molar-refractivity contribution in [1.29, 1.82) is 0 Å². The van der Waals surface area contributed by atoms with Crippen LogP contribution in [-0.2, 0) is 5.41 Å². The van der Waals surface area contributed by atoms with Crippen LogP contribution >= 0.6 is 0 Å². The molecule has 1 unspecified atom stereocenters. The summed E-state index contributed by atoms with van der Waals surface area (Å²) < 4.78 is 0. The average molecular weight is 265 g/mol. The zero-order chi connectivity index (χ0) is 14.2. The summed E-state index contributed by atoms with van der Waals surface area (Å²) in [4.78, 5) is 0. The molecule has 1 heteroatoms. The lowest BCUT2D eigenvalue weighted by atomic mass is 9.82. The summed E-state index contributed by atoms with van der Waals surface area (Å²) in [6, 6.07) is 18.2. The molecule has 1 N–H and O–H groups in total. The molecule has 1 atom stereocenters.